The average Bonchev–Trinajstić information content (AvgIpc) is 2.30. The molecule has 0 aromatic heterocycles. The van der Waals surface area contributed by atoms with E-state index < -0.39 is 11.6 Å². The van der Waals surface area contributed by atoms with Gasteiger partial charge in [-0.15, -0.1) is 0 Å². The average molecular weight is 259 g/mol. The van der Waals surface area contributed by atoms with E-state index in [-0.39, 0.29) is 11.6 Å². The molecule has 5 heteroatoms. The van der Waals surface area contributed by atoms with Crippen molar-refractivity contribution in [2.45, 2.75) is 25.0 Å². The van der Waals surface area contributed by atoms with Gasteiger partial charge in [-0.25, -0.2) is 8.78 Å². The molecule has 1 aromatic rings. The highest BCUT2D eigenvalue weighted by Gasteiger charge is 2.09. The number of nitrogens with one attached hydrogen (secondary N) is 1. The van der Waals surface area contributed by atoms with Crippen LogP contribution >= 0.6 is 11.8 Å². The summed E-state index contributed by atoms with van der Waals surface area (Å²) in [5, 5.41) is 2.74. The molecule has 0 aliphatic carbocycles. The molecule has 1 N–H and O–H groups in total. The van der Waals surface area contributed by atoms with Crippen LogP contribution in [0.1, 0.15) is 19.8 Å². The van der Waals surface area contributed by atoms with Gasteiger partial charge in [-0.3, -0.25) is 4.79 Å². The lowest BCUT2D eigenvalue weighted by Crippen LogP contribution is -2.14. The van der Waals surface area contributed by atoms with Crippen LogP contribution in [0.25, 0.3) is 0 Å². The summed E-state index contributed by atoms with van der Waals surface area (Å²) >= 11 is 1.66. The standard InChI is InChI=1S/C12H15F2NOS/c1-8(17-2)3-6-12(16)15-11-7-9(13)4-5-10(11)14/h4-5,7-8H,3,6H2,1-2H3,(H,15,16). The summed E-state index contributed by atoms with van der Waals surface area (Å²) in [6, 6.07) is 2.99. The van der Waals surface area contributed by atoms with Crippen LogP contribution in [0.5, 0.6) is 0 Å². The lowest BCUT2D eigenvalue weighted by Gasteiger charge is -2.09. The molecule has 0 saturated heterocycles. The van der Waals surface area contributed by atoms with Gasteiger partial charge in [-0.2, -0.15) is 11.8 Å². The number of amides is 1. The van der Waals surface area contributed by atoms with E-state index in [2.05, 4.69) is 5.32 Å². The minimum atomic E-state index is -0.627. The first-order chi connectivity index (χ1) is 8.02. The smallest absolute Gasteiger partial charge is 0.224 e. The summed E-state index contributed by atoms with van der Waals surface area (Å²) < 4.78 is 26.1. The largest absolute Gasteiger partial charge is 0.324 e. The second kappa shape index (κ2) is 6.59. The molecule has 1 aromatic carbocycles. The molecular weight excluding hydrogens is 244 g/mol. The molecule has 17 heavy (non-hydrogen) atoms. The van der Waals surface area contributed by atoms with Crippen molar-refractivity contribution in [3.8, 4) is 0 Å². The molecule has 0 radical (unpaired) electrons. The molecule has 94 valence electrons. The number of carbonyl (C=O) groups excluding carboxylic acids is 1. The van der Waals surface area contributed by atoms with Crippen LogP contribution in [-0.4, -0.2) is 17.4 Å². The number of halogens is 2. The molecule has 1 amide bonds. The van der Waals surface area contributed by atoms with E-state index in [1.807, 2.05) is 13.2 Å². The molecule has 0 aliphatic heterocycles. The van der Waals surface area contributed by atoms with Gasteiger partial charge in [0.15, 0.2) is 0 Å². The maximum Gasteiger partial charge on any atom is 0.224 e. The predicted octanol–water partition coefficient (Wildman–Crippen LogP) is 3.44. The van der Waals surface area contributed by atoms with Gasteiger partial charge in [0, 0.05) is 17.7 Å². The minimum absolute atomic E-state index is 0.105. The number of carbonyl (C=O) groups is 1. The van der Waals surface area contributed by atoms with Crippen molar-refractivity contribution in [1.29, 1.82) is 0 Å². The van der Waals surface area contributed by atoms with E-state index in [0.29, 0.717) is 18.1 Å². The normalized spacial score (nSPS) is 12.2. The molecule has 1 unspecified atom stereocenters. The maximum absolute atomic E-state index is 13.2. The molecule has 1 rings (SSSR count). The van der Waals surface area contributed by atoms with Crippen molar-refractivity contribution in [2.24, 2.45) is 0 Å². The van der Waals surface area contributed by atoms with Gasteiger partial charge >= 0.3 is 0 Å². The highest BCUT2D eigenvalue weighted by atomic mass is 32.2. The second-order valence-electron chi connectivity index (χ2n) is 3.76. The minimum Gasteiger partial charge on any atom is -0.324 e. The van der Waals surface area contributed by atoms with E-state index in [1.54, 1.807) is 11.8 Å². The molecule has 0 spiro atoms. The fraction of sp³-hybridized carbons (Fsp3) is 0.417. The summed E-state index contributed by atoms with van der Waals surface area (Å²) in [5.41, 5.74) is -0.105. The quantitative estimate of drug-likeness (QED) is 0.877. The second-order valence-corrected chi connectivity index (χ2v) is 5.03. The predicted molar refractivity (Wildman–Crippen MR) is 67.2 cm³/mol. The Kier molecular flexibility index (Phi) is 5.41. The first kappa shape index (κ1) is 14.0. The van der Waals surface area contributed by atoms with Crippen LogP contribution in [-0.2, 0) is 4.79 Å². The molecule has 0 bridgehead atoms. The van der Waals surface area contributed by atoms with Crippen molar-refractivity contribution in [2.75, 3.05) is 11.6 Å². The van der Waals surface area contributed by atoms with Crippen LogP contribution in [0.15, 0.2) is 18.2 Å². The fourth-order valence-electron chi connectivity index (χ4n) is 1.26. The molecule has 1 atom stereocenters. The number of thioether (sulfide) groups is 1. The summed E-state index contributed by atoms with van der Waals surface area (Å²) in [6.07, 6.45) is 2.98. The van der Waals surface area contributed by atoms with Crippen molar-refractivity contribution in [3.05, 3.63) is 29.8 Å². The summed E-state index contributed by atoms with van der Waals surface area (Å²) in [4.78, 5) is 11.5. The molecule has 2 nitrogen and oxygen atoms in total. The lowest BCUT2D eigenvalue weighted by atomic mass is 10.2. The zero-order valence-corrected chi connectivity index (χ0v) is 10.6. The molecular formula is C12H15F2NOS. The Morgan fingerprint density at radius 3 is 2.82 bits per heavy atom. The third kappa shape index (κ3) is 4.73. The first-order valence-corrected chi connectivity index (χ1v) is 6.59. The van der Waals surface area contributed by atoms with Gasteiger partial charge in [0.05, 0.1) is 5.69 Å². The zero-order valence-electron chi connectivity index (χ0n) is 9.80. The molecule has 0 saturated carbocycles. The van der Waals surface area contributed by atoms with Gasteiger partial charge < -0.3 is 5.32 Å². The summed E-state index contributed by atoms with van der Waals surface area (Å²) in [6.45, 7) is 2.01. The van der Waals surface area contributed by atoms with Gasteiger partial charge in [-0.1, -0.05) is 6.92 Å². The summed E-state index contributed by atoms with van der Waals surface area (Å²) in [5.74, 6) is -1.49. The number of benzene rings is 1. The van der Waals surface area contributed by atoms with Crippen LogP contribution in [0.2, 0.25) is 0 Å². The number of hydrogen-bond acceptors (Lipinski definition) is 2. The first-order valence-electron chi connectivity index (χ1n) is 5.30. The molecule has 0 aliphatic rings. The Hall–Kier alpha value is -1.10. The topological polar surface area (TPSA) is 29.1 Å². The highest BCUT2D eigenvalue weighted by Crippen LogP contribution is 2.17. The Morgan fingerprint density at radius 1 is 1.47 bits per heavy atom. The van der Waals surface area contributed by atoms with Crippen LogP contribution in [0.4, 0.5) is 14.5 Å². The van der Waals surface area contributed by atoms with Crippen molar-refractivity contribution in [3.63, 3.8) is 0 Å². The third-order valence-electron chi connectivity index (χ3n) is 2.38. The van der Waals surface area contributed by atoms with Crippen LogP contribution in [0, 0.1) is 11.6 Å². The zero-order chi connectivity index (χ0) is 12.8. The van der Waals surface area contributed by atoms with Gasteiger partial charge in [0.25, 0.3) is 0 Å². The van der Waals surface area contributed by atoms with Crippen LogP contribution in [0.3, 0.4) is 0 Å². The van der Waals surface area contributed by atoms with Gasteiger partial charge in [0.2, 0.25) is 5.91 Å². The monoisotopic (exact) mass is 259 g/mol. The Labute approximate surface area is 104 Å². The number of hydrogen-bond donors (Lipinski definition) is 1. The van der Waals surface area contributed by atoms with Crippen molar-refractivity contribution in [1.82, 2.24) is 0 Å². The Bertz CT molecular complexity index is 398. The van der Waals surface area contributed by atoms with Crippen molar-refractivity contribution < 1.29 is 13.6 Å². The van der Waals surface area contributed by atoms with E-state index in [4.69, 9.17) is 0 Å². The Morgan fingerprint density at radius 2 is 2.18 bits per heavy atom. The van der Waals surface area contributed by atoms with Gasteiger partial charge in [0.1, 0.15) is 11.6 Å². The van der Waals surface area contributed by atoms with Gasteiger partial charge in [-0.05, 0) is 24.8 Å². The van der Waals surface area contributed by atoms with E-state index in [1.165, 1.54) is 0 Å². The lowest BCUT2D eigenvalue weighted by molar-refractivity contribution is -0.116. The van der Waals surface area contributed by atoms with E-state index in [0.717, 1.165) is 18.2 Å². The van der Waals surface area contributed by atoms with E-state index in [9.17, 15) is 13.6 Å². The van der Waals surface area contributed by atoms with E-state index >= 15 is 0 Å². The number of anilines is 1. The third-order valence-corrected chi connectivity index (χ3v) is 3.42. The molecule has 0 fully saturated rings. The Balaban J connectivity index is 2.53. The number of rotatable bonds is 5. The maximum atomic E-state index is 13.2. The fourth-order valence-corrected chi connectivity index (χ4v) is 1.61. The van der Waals surface area contributed by atoms with Crippen LogP contribution < -0.4 is 5.32 Å². The SMILES string of the molecule is CSC(C)CCC(=O)Nc1cc(F)ccc1F. The van der Waals surface area contributed by atoms with Crippen molar-refractivity contribution >= 4 is 23.4 Å². The summed E-state index contributed by atoms with van der Waals surface area (Å²) in [7, 11) is 0. The molecule has 0 heterocycles. The highest BCUT2D eigenvalue weighted by molar-refractivity contribution is 7.99.